The van der Waals surface area contributed by atoms with Crippen LogP contribution in [0.3, 0.4) is 0 Å². The summed E-state index contributed by atoms with van der Waals surface area (Å²) in [6, 6.07) is 8.43. The minimum Gasteiger partial charge on any atom is -0.490 e. The van der Waals surface area contributed by atoms with Crippen molar-refractivity contribution in [3.63, 3.8) is 0 Å². The Morgan fingerprint density at radius 1 is 1.24 bits per heavy atom. The highest BCUT2D eigenvalue weighted by atomic mass is 16.6. The Bertz CT molecular complexity index is 407. The molecule has 0 saturated carbocycles. The minimum atomic E-state index is 0.328. The molecule has 2 heteroatoms. The topological polar surface area (TPSA) is 21.8 Å². The van der Waals surface area contributed by atoms with E-state index in [9.17, 15) is 0 Å². The van der Waals surface area contributed by atoms with E-state index in [2.05, 4.69) is 30.4 Å². The van der Waals surface area contributed by atoms with Gasteiger partial charge in [0.2, 0.25) is 0 Å². The number of benzene rings is 1. The molecule has 2 nitrogen and oxygen atoms in total. The molecule has 0 bridgehead atoms. The lowest BCUT2D eigenvalue weighted by molar-refractivity contribution is 0.259. The summed E-state index contributed by atoms with van der Waals surface area (Å²) in [6.45, 7) is 1.55. The molecule has 1 fully saturated rings. The predicted octanol–water partition coefficient (Wildman–Crippen LogP) is 3.29. The Kier molecular flexibility index (Phi) is 3.14. The van der Waals surface area contributed by atoms with E-state index in [4.69, 9.17) is 9.47 Å². The maximum Gasteiger partial charge on any atom is 0.122 e. The number of allylic oxidation sites excluding steroid dienone is 2. The van der Waals surface area contributed by atoms with E-state index in [0.29, 0.717) is 18.6 Å². The number of para-hydroxylation sites is 1. The second kappa shape index (κ2) is 4.92. The maximum atomic E-state index is 5.87. The van der Waals surface area contributed by atoms with E-state index >= 15 is 0 Å². The lowest BCUT2D eigenvalue weighted by Gasteiger charge is -2.21. The number of hydrogen-bond donors (Lipinski definition) is 0. The van der Waals surface area contributed by atoms with Crippen molar-refractivity contribution in [1.82, 2.24) is 0 Å². The summed E-state index contributed by atoms with van der Waals surface area (Å²) in [5.41, 5.74) is 1.36. The van der Waals surface area contributed by atoms with Crippen LogP contribution in [0.5, 0.6) is 5.75 Å². The van der Waals surface area contributed by atoms with Crippen LogP contribution in [0.1, 0.15) is 30.7 Å². The highest BCUT2D eigenvalue weighted by Crippen LogP contribution is 2.35. The summed E-state index contributed by atoms with van der Waals surface area (Å²) in [6.07, 6.45) is 8.45. The fourth-order valence-electron chi connectivity index (χ4n) is 2.37. The minimum absolute atomic E-state index is 0.328. The molecule has 0 radical (unpaired) electrons. The average Bonchev–Trinajstić information content (AvgIpc) is 3.22. The molecule has 1 aliphatic heterocycles. The molecule has 2 atom stereocenters. The third-order valence-corrected chi connectivity index (χ3v) is 3.45. The molecule has 1 saturated heterocycles. The van der Waals surface area contributed by atoms with Crippen molar-refractivity contribution in [2.75, 3.05) is 13.2 Å². The molecule has 1 heterocycles. The van der Waals surface area contributed by atoms with Crippen molar-refractivity contribution < 1.29 is 9.47 Å². The highest BCUT2D eigenvalue weighted by Gasteiger charge is 2.24. The van der Waals surface area contributed by atoms with Gasteiger partial charge in [-0.2, -0.15) is 0 Å². The van der Waals surface area contributed by atoms with Crippen molar-refractivity contribution in [3.8, 4) is 5.75 Å². The zero-order chi connectivity index (χ0) is 11.5. The van der Waals surface area contributed by atoms with Gasteiger partial charge in [0, 0.05) is 0 Å². The monoisotopic (exact) mass is 230 g/mol. The van der Waals surface area contributed by atoms with E-state index in [0.717, 1.165) is 18.8 Å². The lowest BCUT2D eigenvalue weighted by Crippen LogP contribution is -2.08. The molecule has 0 amide bonds. The molecule has 1 aliphatic carbocycles. The molecule has 1 aromatic carbocycles. The van der Waals surface area contributed by atoms with Gasteiger partial charge in [0.1, 0.15) is 18.5 Å². The second-order valence-corrected chi connectivity index (χ2v) is 4.79. The van der Waals surface area contributed by atoms with Crippen molar-refractivity contribution >= 4 is 0 Å². The second-order valence-electron chi connectivity index (χ2n) is 4.79. The molecular weight excluding hydrogens is 212 g/mol. The number of epoxide rings is 1. The molecule has 0 aromatic heterocycles. The Labute approximate surface area is 102 Å². The number of rotatable bonds is 4. The van der Waals surface area contributed by atoms with E-state index in [1.165, 1.54) is 18.4 Å². The summed E-state index contributed by atoms with van der Waals surface area (Å²) in [4.78, 5) is 0. The normalized spacial score (nSPS) is 26.8. The Morgan fingerprint density at radius 3 is 2.88 bits per heavy atom. The van der Waals surface area contributed by atoms with Crippen LogP contribution in [0.2, 0.25) is 0 Å². The quantitative estimate of drug-likeness (QED) is 0.585. The molecule has 17 heavy (non-hydrogen) atoms. The van der Waals surface area contributed by atoms with Gasteiger partial charge in [-0.1, -0.05) is 30.4 Å². The van der Waals surface area contributed by atoms with Gasteiger partial charge in [0.15, 0.2) is 0 Å². The third-order valence-electron chi connectivity index (χ3n) is 3.45. The van der Waals surface area contributed by atoms with Gasteiger partial charge in [-0.3, -0.25) is 0 Å². The van der Waals surface area contributed by atoms with Crippen molar-refractivity contribution in [2.24, 2.45) is 0 Å². The van der Waals surface area contributed by atoms with E-state index in [1.54, 1.807) is 0 Å². The van der Waals surface area contributed by atoms with Crippen LogP contribution in [-0.2, 0) is 4.74 Å². The molecule has 3 rings (SSSR count). The fourth-order valence-corrected chi connectivity index (χ4v) is 2.37. The van der Waals surface area contributed by atoms with E-state index in [-0.39, 0.29) is 0 Å². The molecule has 0 N–H and O–H groups in total. The molecule has 0 spiro atoms. The molecule has 2 aliphatic rings. The van der Waals surface area contributed by atoms with E-state index < -0.39 is 0 Å². The Morgan fingerprint density at radius 2 is 2.12 bits per heavy atom. The first-order chi connectivity index (χ1) is 8.43. The molecular formula is C15H18O2. The summed E-state index contributed by atoms with van der Waals surface area (Å²) >= 11 is 0. The van der Waals surface area contributed by atoms with Crippen LogP contribution in [0, 0.1) is 0 Å². The number of ether oxygens (including phenoxy) is 2. The molecule has 1 aromatic rings. The average molecular weight is 230 g/mol. The Balaban J connectivity index is 1.74. The Hall–Kier alpha value is -1.28. The van der Waals surface area contributed by atoms with E-state index in [1.807, 2.05) is 6.07 Å². The summed E-state index contributed by atoms with van der Waals surface area (Å²) in [5.74, 6) is 1.67. The van der Waals surface area contributed by atoms with Gasteiger partial charge < -0.3 is 9.47 Å². The first-order valence-electron chi connectivity index (χ1n) is 6.42. The first kappa shape index (κ1) is 10.8. The summed E-state index contributed by atoms with van der Waals surface area (Å²) in [7, 11) is 0. The van der Waals surface area contributed by atoms with Gasteiger partial charge in [-0.05, 0) is 36.8 Å². The van der Waals surface area contributed by atoms with Crippen LogP contribution in [0.15, 0.2) is 36.4 Å². The smallest absolute Gasteiger partial charge is 0.122 e. The van der Waals surface area contributed by atoms with Gasteiger partial charge in [0.25, 0.3) is 0 Å². The van der Waals surface area contributed by atoms with Crippen LogP contribution in [-0.4, -0.2) is 19.3 Å². The number of hydrogen-bond acceptors (Lipinski definition) is 2. The zero-order valence-electron chi connectivity index (χ0n) is 9.97. The first-order valence-corrected chi connectivity index (χ1v) is 6.42. The van der Waals surface area contributed by atoms with Gasteiger partial charge in [0.05, 0.1) is 6.61 Å². The van der Waals surface area contributed by atoms with Crippen LogP contribution < -0.4 is 4.74 Å². The highest BCUT2D eigenvalue weighted by molar-refractivity contribution is 5.37. The standard InChI is InChI=1S/C15H18O2/c1-2-6-12(7-3-1)14-8-4-5-9-15(14)17-11-13-10-16-13/h1-2,4-5,8-9,12-13H,3,6-7,10-11H2. The molecule has 2 unspecified atom stereocenters. The van der Waals surface area contributed by atoms with Crippen molar-refractivity contribution in [3.05, 3.63) is 42.0 Å². The van der Waals surface area contributed by atoms with Gasteiger partial charge >= 0.3 is 0 Å². The lowest BCUT2D eigenvalue weighted by atomic mass is 9.87. The maximum absolute atomic E-state index is 5.87. The predicted molar refractivity (Wildman–Crippen MR) is 67.4 cm³/mol. The van der Waals surface area contributed by atoms with Crippen LogP contribution in [0.4, 0.5) is 0 Å². The van der Waals surface area contributed by atoms with Crippen molar-refractivity contribution in [1.29, 1.82) is 0 Å². The van der Waals surface area contributed by atoms with Crippen molar-refractivity contribution in [2.45, 2.75) is 31.3 Å². The summed E-state index contributed by atoms with van der Waals surface area (Å²) < 4.78 is 11.0. The van der Waals surface area contributed by atoms with Gasteiger partial charge in [-0.25, -0.2) is 0 Å². The molecule has 90 valence electrons. The largest absolute Gasteiger partial charge is 0.490 e. The SMILES string of the molecule is C1=CCC(c2ccccc2OCC2CO2)CC1. The summed E-state index contributed by atoms with van der Waals surface area (Å²) in [5, 5.41) is 0. The zero-order valence-corrected chi connectivity index (χ0v) is 9.97. The van der Waals surface area contributed by atoms with Crippen LogP contribution in [0.25, 0.3) is 0 Å². The van der Waals surface area contributed by atoms with Gasteiger partial charge in [-0.15, -0.1) is 0 Å². The van der Waals surface area contributed by atoms with Crippen LogP contribution >= 0.6 is 0 Å². The fraction of sp³-hybridized carbons (Fsp3) is 0.467. The third kappa shape index (κ3) is 2.70.